The van der Waals surface area contributed by atoms with Crippen molar-refractivity contribution in [1.29, 1.82) is 0 Å². The summed E-state index contributed by atoms with van der Waals surface area (Å²) in [6, 6.07) is 6.32. The van der Waals surface area contributed by atoms with Crippen molar-refractivity contribution in [3.05, 3.63) is 29.0 Å². The molecule has 0 spiro atoms. The molecule has 0 N–H and O–H groups in total. The lowest BCUT2D eigenvalue weighted by Gasteiger charge is -2.13. The Hall–Kier alpha value is -1.02. The van der Waals surface area contributed by atoms with E-state index in [1.54, 1.807) is 0 Å². The number of nitrogens with zero attached hydrogens (tertiary/aromatic N) is 2. The van der Waals surface area contributed by atoms with Crippen LogP contribution in [0.3, 0.4) is 0 Å². The molecular formula is C12H15ClN2. The highest BCUT2D eigenvalue weighted by Crippen LogP contribution is 2.25. The summed E-state index contributed by atoms with van der Waals surface area (Å²) in [6.07, 6.45) is 1.10. The van der Waals surface area contributed by atoms with Gasteiger partial charge < -0.3 is 4.57 Å². The Bertz CT molecular complexity index is 488. The van der Waals surface area contributed by atoms with Gasteiger partial charge in [-0.05, 0) is 38.5 Å². The van der Waals surface area contributed by atoms with Crippen LogP contribution in [0.4, 0.5) is 0 Å². The molecule has 0 aliphatic carbocycles. The van der Waals surface area contributed by atoms with E-state index in [2.05, 4.69) is 23.4 Å². The fraction of sp³-hybridized carbons (Fsp3) is 0.417. The van der Waals surface area contributed by atoms with Crippen molar-refractivity contribution in [3.63, 3.8) is 0 Å². The van der Waals surface area contributed by atoms with Crippen LogP contribution in [-0.2, 0) is 0 Å². The molecule has 0 aliphatic heterocycles. The van der Waals surface area contributed by atoms with Crippen molar-refractivity contribution in [1.82, 2.24) is 9.55 Å². The third kappa shape index (κ3) is 1.74. The van der Waals surface area contributed by atoms with Gasteiger partial charge in [0, 0.05) is 11.1 Å². The molecule has 1 heterocycles. The van der Waals surface area contributed by atoms with E-state index in [1.165, 1.54) is 0 Å². The molecule has 0 bridgehead atoms. The molecule has 1 aromatic heterocycles. The molecule has 0 aliphatic rings. The van der Waals surface area contributed by atoms with E-state index in [1.807, 2.05) is 25.1 Å². The van der Waals surface area contributed by atoms with Gasteiger partial charge in [0.05, 0.1) is 11.0 Å². The Kier molecular flexibility index (Phi) is 2.70. The molecule has 0 saturated carbocycles. The number of imidazole rings is 1. The van der Waals surface area contributed by atoms with Crippen LogP contribution in [0, 0.1) is 6.92 Å². The molecule has 0 fully saturated rings. The molecule has 2 nitrogen and oxygen atoms in total. The van der Waals surface area contributed by atoms with Gasteiger partial charge in [-0.25, -0.2) is 4.98 Å². The summed E-state index contributed by atoms with van der Waals surface area (Å²) in [5.41, 5.74) is 2.16. The molecule has 1 aromatic carbocycles. The first-order valence-corrected chi connectivity index (χ1v) is 5.65. The fourth-order valence-corrected chi connectivity index (χ4v) is 2.09. The molecule has 0 radical (unpaired) electrons. The fourth-order valence-electron chi connectivity index (χ4n) is 1.93. The lowest BCUT2D eigenvalue weighted by molar-refractivity contribution is 0.532. The topological polar surface area (TPSA) is 17.8 Å². The van der Waals surface area contributed by atoms with E-state index in [-0.39, 0.29) is 0 Å². The Labute approximate surface area is 94.9 Å². The number of hydrogen-bond acceptors (Lipinski definition) is 1. The lowest BCUT2D eigenvalue weighted by Crippen LogP contribution is -2.05. The highest BCUT2D eigenvalue weighted by Gasteiger charge is 2.11. The monoisotopic (exact) mass is 222 g/mol. The zero-order valence-electron chi connectivity index (χ0n) is 9.29. The average molecular weight is 223 g/mol. The smallest absolute Gasteiger partial charge is 0.106 e. The average Bonchev–Trinajstić information content (AvgIpc) is 2.52. The summed E-state index contributed by atoms with van der Waals surface area (Å²) in [5.74, 6) is 1.06. The second kappa shape index (κ2) is 3.86. The summed E-state index contributed by atoms with van der Waals surface area (Å²) in [6.45, 7) is 6.43. The highest BCUT2D eigenvalue weighted by atomic mass is 35.5. The zero-order valence-corrected chi connectivity index (χ0v) is 10.0. The third-order valence-electron chi connectivity index (χ3n) is 2.86. The van der Waals surface area contributed by atoms with Crippen LogP contribution in [-0.4, -0.2) is 9.55 Å². The number of aryl methyl sites for hydroxylation is 1. The van der Waals surface area contributed by atoms with Crippen molar-refractivity contribution in [2.75, 3.05) is 0 Å². The maximum atomic E-state index is 6.01. The van der Waals surface area contributed by atoms with Crippen LogP contribution in [0.1, 0.15) is 32.1 Å². The van der Waals surface area contributed by atoms with Gasteiger partial charge in [-0.1, -0.05) is 18.5 Å². The van der Waals surface area contributed by atoms with E-state index in [0.29, 0.717) is 6.04 Å². The van der Waals surface area contributed by atoms with Crippen molar-refractivity contribution in [2.45, 2.75) is 33.2 Å². The molecule has 1 unspecified atom stereocenters. The van der Waals surface area contributed by atoms with Crippen LogP contribution in [0.5, 0.6) is 0 Å². The molecule has 0 amide bonds. The van der Waals surface area contributed by atoms with Gasteiger partial charge >= 0.3 is 0 Å². The largest absolute Gasteiger partial charge is 0.325 e. The summed E-state index contributed by atoms with van der Waals surface area (Å²) >= 11 is 6.01. The van der Waals surface area contributed by atoms with Crippen molar-refractivity contribution in [3.8, 4) is 0 Å². The van der Waals surface area contributed by atoms with Gasteiger partial charge in [-0.3, -0.25) is 0 Å². The minimum Gasteiger partial charge on any atom is -0.325 e. The molecule has 15 heavy (non-hydrogen) atoms. The SMILES string of the molecule is CCC(C)n1c(C)nc2ccc(Cl)cc21. The van der Waals surface area contributed by atoms with E-state index < -0.39 is 0 Å². The van der Waals surface area contributed by atoms with Crippen molar-refractivity contribution >= 4 is 22.6 Å². The first kappa shape index (κ1) is 10.5. The Morgan fingerprint density at radius 2 is 2.20 bits per heavy atom. The molecule has 0 saturated heterocycles. The third-order valence-corrected chi connectivity index (χ3v) is 3.09. The summed E-state index contributed by atoms with van der Waals surface area (Å²) in [4.78, 5) is 4.53. The van der Waals surface area contributed by atoms with Crippen molar-refractivity contribution in [2.24, 2.45) is 0 Å². The van der Waals surface area contributed by atoms with Crippen LogP contribution in [0.25, 0.3) is 11.0 Å². The van der Waals surface area contributed by atoms with E-state index in [4.69, 9.17) is 11.6 Å². The number of halogens is 1. The number of benzene rings is 1. The standard InChI is InChI=1S/C12H15ClN2/c1-4-8(2)15-9(3)14-11-6-5-10(13)7-12(11)15/h5-8H,4H2,1-3H3. The summed E-state index contributed by atoms with van der Waals surface area (Å²) in [5, 5.41) is 0.770. The van der Waals surface area contributed by atoms with E-state index >= 15 is 0 Å². The predicted octanol–water partition coefficient (Wildman–Crippen LogP) is 3.97. The maximum absolute atomic E-state index is 6.01. The van der Waals surface area contributed by atoms with Crippen molar-refractivity contribution < 1.29 is 0 Å². The number of aromatic nitrogens is 2. The minimum atomic E-state index is 0.466. The minimum absolute atomic E-state index is 0.466. The van der Waals surface area contributed by atoms with Gasteiger partial charge in [0.2, 0.25) is 0 Å². The van der Waals surface area contributed by atoms with Crippen LogP contribution in [0.2, 0.25) is 5.02 Å². The quantitative estimate of drug-likeness (QED) is 0.752. The molecule has 1 atom stereocenters. The van der Waals surface area contributed by atoms with Crippen LogP contribution in [0.15, 0.2) is 18.2 Å². The number of rotatable bonds is 2. The summed E-state index contributed by atoms with van der Waals surface area (Å²) < 4.78 is 2.25. The first-order valence-electron chi connectivity index (χ1n) is 5.27. The second-order valence-corrected chi connectivity index (χ2v) is 4.36. The van der Waals surface area contributed by atoms with Crippen LogP contribution >= 0.6 is 11.6 Å². The number of hydrogen-bond donors (Lipinski definition) is 0. The molecular weight excluding hydrogens is 208 g/mol. The Balaban J connectivity index is 2.70. The second-order valence-electron chi connectivity index (χ2n) is 3.92. The molecule has 3 heteroatoms. The lowest BCUT2D eigenvalue weighted by atomic mass is 10.2. The molecule has 2 rings (SSSR count). The zero-order chi connectivity index (χ0) is 11.0. The summed E-state index contributed by atoms with van der Waals surface area (Å²) in [7, 11) is 0. The normalized spacial score (nSPS) is 13.3. The van der Waals surface area contributed by atoms with Crippen LogP contribution < -0.4 is 0 Å². The van der Waals surface area contributed by atoms with E-state index in [9.17, 15) is 0 Å². The van der Waals surface area contributed by atoms with Gasteiger partial charge in [0.1, 0.15) is 5.82 Å². The molecule has 2 aromatic rings. The van der Waals surface area contributed by atoms with Gasteiger partial charge in [-0.15, -0.1) is 0 Å². The van der Waals surface area contributed by atoms with Gasteiger partial charge in [-0.2, -0.15) is 0 Å². The molecule has 80 valence electrons. The predicted molar refractivity (Wildman–Crippen MR) is 64.5 cm³/mol. The Morgan fingerprint density at radius 1 is 1.47 bits per heavy atom. The number of fused-ring (bicyclic) bond motifs is 1. The van der Waals surface area contributed by atoms with Gasteiger partial charge in [0.25, 0.3) is 0 Å². The Morgan fingerprint density at radius 3 is 2.87 bits per heavy atom. The van der Waals surface area contributed by atoms with Gasteiger partial charge in [0.15, 0.2) is 0 Å². The maximum Gasteiger partial charge on any atom is 0.106 e. The van der Waals surface area contributed by atoms with E-state index in [0.717, 1.165) is 28.3 Å². The highest BCUT2D eigenvalue weighted by molar-refractivity contribution is 6.31. The first-order chi connectivity index (χ1) is 7.13.